The van der Waals surface area contributed by atoms with Crippen molar-refractivity contribution in [2.24, 2.45) is 5.73 Å². The Morgan fingerprint density at radius 1 is 1.16 bits per heavy atom. The summed E-state index contributed by atoms with van der Waals surface area (Å²) in [5.74, 6) is 0.0826. The van der Waals surface area contributed by atoms with Crippen molar-refractivity contribution in [2.75, 3.05) is 23.3 Å². The minimum atomic E-state index is -0.593. The molecule has 4 heterocycles. The molecule has 5 rings (SSSR count). The number of anilines is 2. The van der Waals surface area contributed by atoms with Crippen LogP contribution in [0.3, 0.4) is 0 Å². The Kier molecular flexibility index (Phi) is 4.82. The third kappa shape index (κ3) is 3.72. The third-order valence-corrected chi connectivity index (χ3v) is 6.07. The largest absolute Gasteiger partial charge is 0.380 e. The maximum atomic E-state index is 12.9. The van der Waals surface area contributed by atoms with Crippen molar-refractivity contribution in [3.8, 4) is 0 Å². The Bertz CT molecular complexity index is 1050. The number of pyridine rings is 1. The van der Waals surface area contributed by atoms with Crippen LogP contribution >= 0.6 is 0 Å². The topological polar surface area (TPSA) is 121 Å². The van der Waals surface area contributed by atoms with E-state index in [1.54, 1.807) is 11.1 Å². The first-order valence-corrected chi connectivity index (χ1v) is 10.4. The van der Waals surface area contributed by atoms with Crippen molar-refractivity contribution >= 4 is 29.2 Å². The monoisotopic (exact) mass is 420 g/mol. The molecule has 4 N–H and O–H groups in total. The second-order valence-corrected chi connectivity index (χ2v) is 8.32. The smallest absolute Gasteiger partial charge is 0.255 e. The molecule has 9 nitrogen and oxygen atoms in total. The van der Waals surface area contributed by atoms with E-state index in [-0.39, 0.29) is 24.3 Å². The van der Waals surface area contributed by atoms with Crippen molar-refractivity contribution < 1.29 is 14.4 Å². The number of hydrogen-bond acceptors (Lipinski definition) is 7. The van der Waals surface area contributed by atoms with Crippen LogP contribution in [0.2, 0.25) is 0 Å². The molecule has 2 aromatic rings. The first-order chi connectivity index (χ1) is 15.0. The third-order valence-electron chi connectivity index (χ3n) is 6.07. The molecular weight excluding hydrogens is 396 g/mol. The van der Waals surface area contributed by atoms with E-state index < -0.39 is 11.9 Å². The Morgan fingerprint density at radius 2 is 2.00 bits per heavy atom. The van der Waals surface area contributed by atoms with Crippen LogP contribution in [0.1, 0.15) is 34.3 Å². The summed E-state index contributed by atoms with van der Waals surface area (Å²) in [4.78, 5) is 44.7. The molecule has 3 amide bonds. The van der Waals surface area contributed by atoms with Crippen LogP contribution in [0, 0.1) is 0 Å². The van der Waals surface area contributed by atoms with Crippen molar-refractivity contribution in [3.63, 3.8) is 0 Å². The van der Waals surface area contributed by atoms with Gasteiger partial charge in [-0.2, -0.15) is 0 Å². The summed E-state index contributed by atoms with van der Waals surface area (Å²) in [7, 11) is 0. The number of aromatic nitrogens is 1. The van der Waals surface area contributed by atoms with Gasteiger partial charge in [0.25, 0.3) is 5.91 Å². The highest BCUT2D eigenvalue weighted by molar-refractivity contribution is 6.05. The zero-order valence-electron chi connectivity index (χ0n) is 17.0. The molecular formula is C22H24N6O3. The van der Waals surface area contributed by atoms with Gasteiger partial charge in [0.05, 0.1) is 11.9 Å². The SMILES string of the molecule is NC1CN(c2ccc(NCc3ccc4c(c3)C(=O)N(C3CCC(=O)NC3=O)C4)cn2)C1. The van der Waals surface area contributed by atoms with Crippen molar-refractivity contribution in [3.05, 3.63) is 53.2 Å². The molecule has 2 fully saturated rings. The molecule has 160 valence electrons. The van der Waals surface area contributed by atoms with E-state index in [0.717, 1.165) is 35.7 Å². The lowest BCUT2D eigenvalue weighted by Gasteiger charge is -2.37. The van der Waals surface area contributed by atoms with Gasteiger partial charge in [-0.1, -0.05) is 12.1 Å². The quantitative estimate of drug-likeness (QED) is 0.606. The highest BCUT2D eigenvalue weighted by atomic mass is 16.2. The minimum Gasteiger partial charge on any atom is -0.380 e. The molecule has 3 aliphatic heterocycles. The van der Waals surface area contributed by atoms with Crippen LogP contribution in [0.4, 0.5) is 11.5 Å². The summed E-state index contributed by atoms with van der Waals surface area (Å²) in [5, 5.41) is 5.66. The lowest BCUT2D eigenvalue weighted by molar-refractivity contribution is -0.136. The van der Waals surface area contributed by atoms with Crippen LogP contribution in [0.5, 0.6) is 0 Å². The minimum absolute atomic E-state index is 0.162. The van der Waals surface area contributed by atoms with Gasteiger partial charge in [-0.05, 0) is 35.7 Å². The first kappa shape index (κ1) is 19.5. The van der Waals surface area contributed by atoms with E-state index in [9.17, 15) is 14.4 Å². The average molecular weight is 420 g/mol. The number of imide groups is 1. The Labute approximate surface area is 179 Å². The van der Waals surface area contributed by atoms with E-state index in [2.05, 4.69) is 20.5 Å². The van der Waals surface area contributed by atoms with E-state index in [4.69, 9.17) is 5.73 Å². The number of nitrogens with one attached hydrogen (secondary N) is 2. The predicted molar refractivity (Wildman–Crippen MR) is 114 cm³/mol. The van der Waals surface area contributed by atoms with Gasteiger partial charge in [0.15, 0.2) is 0 Å². The van der Waals surface area contributed by atoms with Gasteiger partial charge in [-0.3, -0.25) is 19.7 Å². The molecule has 2 saturated heterocycles. The number of carbonyl (C=O) groups is 3. The fourth-order valence-corrected chi connectivity index (χ4v) is 4.29. The number of carbonyl (C=O) groups excluding carboxylic acids is 3. The molecule has 0 spiro atoms. The number of piperidine rings is 1. The van der Waals surface area contributed by atoms with Crippen LogP contribution in [-0.4, -0.2) is 52.8 Å². The van der Waals surface area contributed by atoms with Gasteiger partial charge >= 0.3 is 0 Å². The molecule has 1 aromatic carbocycles. The summed E-state index contributed by atoms with van der Waals surface area (Å²) >= 11 is 0. The van der Waals surface area contributed by atoms with Crippen LogP contribution < -0.4 is 21.3 Å². The van der Waals surface area contributed by atoms with E-state index in [1.165, 1.54) is 0 Å². The molecule has 0 bridgehead atoms. The lowest BCUT2D eigenvalue weighted by atomic mass is 10.0. The molecule has 3 aliphatic rings. The second kappa shape index (κ2) is 7.66. The molecule has 0 radical (unpaired) electrons. The average Bonchev–Trinajstić information content (AvgIpc) is 3.06. The maximum absolute atomic E-state index is 12.9. The molecule has 0 saturated carbocycles. The number of amides is 3. The number of fused-ring (bicyclic) bond motifs is 1. The Hall–Kier alpha value is -3.46. The standard InChI is InChI=1S/C22H24N6O3/c23-15-11-27(12-15)19-5-3-16(9-25-19)24-8-13-1-2-14-10-28(22(31)17(14)7-13)18-4-6-20(29)26-21(18)30/h1-3,5,7,9,15,18,24H,4,6,8,10-12,23H2,(H,26,29,30). The molecule has 0 aliphatic carbocycles. The van der Waals surface area contributed by atoms with Crippen molar-refractivity contribution in [1.29, 1.82) is 0 Å². The summed E-state index contributed by atoms with van der Waals surface area (Å²) in [6.45, 7) is 2.60. The summed E-state index contributed by atoms with van der Waals surface area (Å²) in [5.41, 5.74) is 9.20. The van der Waals surface area contributed by atoms with E-state index >= 15 is 0 Å². The lowest BCUT2D eigenvalue weighted by Crippen LogP contribution is -2.56. The summed E-state index contributed by atoms with van der Waals surface area (Å²) < 4.78 is 0. The molecule has 31 heavy (non-hydrogen) atoms. The van der Waals surface area contributed by atoms with Gasteiger partial charge < -0.3 is 20.9 Å². The zero-order valence-corrected chi connectivity index (χ0v) is 17.0. The van der Waals surface area contributed by atoms with Gasteiger partial charge in [0, 0.05) is 44.2 Å². The fourth-order valence-electron chi connectivity index (χ4n) is 4.29. The predicted octanol–water partition coefficient (Wildman–Crippen LogP) is 0.602. The van der Waals surface area contributed by atoms with Crippen molar-refractivity contribution in [2.45, 2.75) is 38.0 Å². The van der Waals surface area contributed by atoms with Gasteiger partial charge in [-0.15, -0.1) is 0 Å². The molecule has 1 aromatic heterocycles. The number of nitrogens with two attached hydrogens (primary N) is 1. The van der Waals surface area contributed by atoms with Crippen molar-refractivity contribution in [1.82, 2.24) is 15.2 Å². The Morgan fingerprint density at radius 3 is 2.71 bits per heavy atom. The van der Waals surface area contributed by atoms with Gasteiger partial charge in [0.2, 0.25) is 11.8 Å². The number of rotatable bonds is 5. The highest BCUT2D eigenvalue weighted by Gasteiger charge is 2.39. The summed E-state index contributed by atoms with van der Waals surface area (Å²) in [6, 6.07) is 9.38. The summed E-state index contributed by atoms with van der Waals surface area (Å²) in [6.07, 6.45) is 2.41. The second-order valence-electron chi connectivity index (χ2n) is 8.32. The number of benzene rings is 1. The maximum Gasteiger partial charge on any atom is 0.255 e. The van der Waals surface area contributed by atoms with Crippen LogP contribution in [0.15, 0.2) is 36.5 Å². The van der Waals surface area contributed by atoms with E-state index in [0.29, 0.717) is 25.1 Å². The number of nitrogens with zero attached hydrogens (tertiary/aromatic N) is 3. The molecule has 1 unspecified atom stereocenters. The van der Waals surface area contributed by atoms with Crippen LogP contribution in [-0.2, 0) is 22.7 Å². The zero-order chi connectivity index (χ0) is 21.5. The normalized spacial score (nSPS) is 21.1. The number of hydrogen-bond donors (Lipinski definition) is 3. The van der Waals surface area contributed by atoms with Gasteiger partial charge in [0.1, 0.15) is 11.9 Å². The fraction of sp³-hybridized carbons (Fsp3) is 0.364. The first-order valence-electron chi connectivity index (χ1n) is 10.4. The van der Waals surface area contributed by atoms with Gasteiger partial charge in [-0.25, -0.2) is 4.98 Å². The Balaban J connectivity index is 1.22. The molecule has 9 heteroatoms. The van der Waals surface area contributed by atoms with E-state index in [1.807, 2.05) is 30.3 Å². The molecule has 1 atom stereocenters. The highest BCUT2D eigenvalue weighted by Crippen LogP contribution is 2.28. The van der Waals surface area contributed by atoms with Crippen LogP contribution in [0.25, 0.3) is 0 Å².